The van der Waals surface area contributed by atoms with Gasteiger partial charge >= 0.3 is 0 Å². The molecule has 0 spiro atoms. The highest BCUT2D eigenvalue weighted by Crippen LogP contribution is 2.21. The Balaban J connectivity index is 2.42. The van der Waals surface area contributed by atoms with Crippen molar-refractivity contribution in [3.63, 3.8) is 0 Å². The predicted octanol–water partition coefficient (Wildman–Crippen LogP) is 1.78. The van der Waals surface area contributed by atoms with Gasteiger partial charge in [-0.15, -0.1) is 0 Å². The highest BCUT2D eigenvalue weighted by molar-refractivity contribution is 7.89. The second-order valence-electron chi connectivity index (χ2n) is 5.69. The van der Waals surface area contributed by atoms with Crippen molar-refractivity contribution in [1.29, 1.82) is 0 Å². The van der Waals surface area contributed by atoms with Crippen LogP contribution in [-0.4, -0.2) is 56.1 Å². The van der Waals surface area contributed by atoms with Gasteiger partial charge in [-0.1, -0.05) is 6.92 Å². The minimum Gasteiger partial charge on any atom is -0.304 e. The normalized spacial score (nSPS) is 19.9. The second-order valence-corrected chi connectivity index (χ2v) is 7.78. The zero-order valence-electron chi connectivity index (χ0n) is 12.2. The van der Waals surface area contributed by atoms with Crippen LogP contribution >= 0.6 is 0 Å². The number of hydrogen-bond acceptors (Lipinski definition) is 3. The molecule has 0 N–H and O–H groups in total. The molecule has 1 rings (SSSR count). The maximum Gasteiger partial charge on any atom is 0.214 e. The van der Waals surface area contributed by atoms with Crippen LogP contribution in [0.5, 0.6) is 0 Å². The zero-order valence-corrected chi connectivity index (χ0v) is 13.0. The van der Waals surface area contributed by atoms with Crippen LogP contribution in [0.2, 0.25) is 0 Å². The van der Waals surface area contributed by atoms with Gasteiger partial charge in [-0.25, -0.2) is 12.7 Å². The fourth-order valence-electron chi connectivity index (χ4n) is 2.38. The first-order valence-corrected chi connectivity index (χ1v) is 8.65. The Hall–Kier alpha value is -0.130. The van der Waals surface area contributed by atoms with Crippen LogP contribution in [0.15, 0.2) is 0 Å². The summed E-state index contributed by atoms with van der Waals surface area (Å²) in [5.41, 5.74) is 0. The number of nitrogens with zero attached hydrogens (tertiary/aromatic N) is 2. The van der Waals surface area contributed by atoms with Gasteiger partial charge in [0.1, 0.15) is 0 Å². The number of sulfonamides is 1. The standard InChI is InChI=1S/C13H28N2O2S/c1-5-10-18(16,17)15-8-6-13(7-9-15)11-14(4)12(2)3/h12-13H,5-11H2,1-4H3. The molecule has 0 saturated carbocycles. The third kappa shape index (κ3) is 4.52. The molecule has 108 valence electrons. The molecule has 0 atom stereocenters. The van der Waals surface area contributed by atoms with Gasteiger partial charge in [-0.05, 0) is 46.1 Å². The number of rotatable bonds is 6. The summed E-state index contributed by atoms with van der Waals surface area (Å²) in [6, 6.07) is 0.562. The fourth-order valence-corrected chi connectivity index (χ4v) is 3.92. The van der Waals surface area contributed by atoms with Crippen molar-refractivity contribution >= 4 is 10.0 Å². The van der Waals surface area contributed by atoms with E-state index in [1.54, 1.807) is 4.31 Å². The minimum absolute atomic E-state index is 0.295. The molecule has 1 fully saturated rings. The zero-order chi connectivity index (χ0) is 13.8. The molecule has 0 amide bonds. The number of hydrogen-bond donors (Lipinski definition) is 0. The van der Waals surface area contributed by atoms with E-state index in [0.717, 1.165) is 19.4 Å². The van der Waals surface area contributed by atoms with E-state index < -0.39 is 10.0 Å². The summed E-state index contributed by atoms with van der Waals surface area (Å²) < 4.78 is 25.6. The summed E-state index contributed by atoms with van der Waals surface area (Å²) >= 11 is 0. The van der Waals surface area contributed by atoms with Gasteiger partial charge in [0.25, 0.3) is 0 Å². The van der Waals surface area contributed by atoms with Crippen molar-refractivity contribution in [2.75, 3.05) is 32.4 Å². The van der Waals surface area contributed by atoms with E-state index in [1.807, 2.05) is 6.92 Å². The lowest BCUT2D eigenvalue weighted by Gasteiger charge is -2.34. The largest absolute Gasteiger partial charge is 0.304 e. The van der Waals surface area contributed by atoms with Gasteiger partial charge < -0.3 is 4.90 Å². The van der Waals surface area contributed by atoms with Crippen LogP contribution in [0.4, 0.5) is 0 Å². The molecule has 0 bridgehead atoms. The Morgan fingerprint density at radius 1 is 1.28 bits per heavy atom. The first-order valence-electron chi connectivity index (χ1n) is 7.05. The molecule has 1 aliphatic heterocycles. The summed E-state index contributed by atoms with van der Waals surface area (Å²) in [6.45, 7) is 8.81. The monoisotopic (exact) mass is 276 g/mol. The van der Waals surface area contributed by atoms with Gasteiger partial charge in [0, 0.05) is 25.7 Å². The van der Waals surface area contributed by atoms with Crippen LogP contribution in [0.3, 0.4) is 0 Å². The number of piperidine rings is 1. The van der Waals surface area contributed by atoms with E-state index in [9.17, 15) is 8.42 Å². The molecular weight excluding hydrogens is 248 g/mol. The van der Waals surface area contributed by atoms with Crippen molar-refractivity contribution in [1.82, 2.24) is 9.21 Å². The highest BCUT2D eigenvalue weighted by atomic mass is 32.2. The predicted molar refractivity (Wildman–Crippen MR) is 76.1 cm³/mol. The van der Waals surface area contributed by atoms with E-state index >= 15 is 0 Å². The quantitative estimate of drug-likeness (QED) is 0.742. The van der Waals surface area contributed by atoms with Crippen LogP contribution < -0.4 is 0 Å². The van der Waals surface area contributed by atoms with Gasteiger partial charge in [-0.3, -0.25) is 0 Å². The molecule has 1 heterocycles. The van der Waals surface area contributed by atoms with Crippen LogP contribution in [0.25, 0.3) is 0 Å². The van der Waals surface area contributed by atoms with Crippen LogP contribution in [0.1, 0.15) is 40.0 Å². The lowest BCUT2D eigenvalue weighted by Crippen LogP contribution is -2.42. The lowest BCUT2D eigenvalue weighted by molar-refractivity contribution is 0.182. The molecule has 4 nitrogen and oxygen atoms in total. The minimum atomic E-state index is -2.98. The molecule has 1 aliphatic rings. The molecule has 0 aromatic rings. The van der Waals surface area contributed by atoms with Gasteiger partial charge in [0.15, 0.2) is 0 Å². The van der Waals surface area contributed by atoms with Crippen molar-refractivity contribution in [3.05, 3.63) is 0 Å². The second kappa shape index (κ2) is 6.87. The summed E-state index contributed by atoms with van der Waals surface area (Å²) in [6.07, 6.45) is 2.71. The average molecular weight is 276 g/mol. The van der Waals surface area contributed by atoms with E-state index in [0.29, 0.717) is 37.2 Å². The Kier molecular flexibility index (Phi) is 6.08. The van der Waals surface area contributed by atoms with E-state index in [2.05, 4.69) is 25.8 Å². The summed E-state index contributed by atoms with van der Waals surface area (Å²) in [5.74, 6) is 0.939. The van der Waals surface area contributed by atoms with Crippen molar-refractivity contribution < 1.29 is 8.42 Å². The average Bonchev–Trinajstić information content (AvgIpc) is 2.29. The SMILES string of the molecule is CCCS(=O)(=O)N1CCC(CN(C)C(C)C)CC1. The van der Waals surface area contributed by atoms with E-state index in [1.165, 1.54) is 0 Å². The Morgan fingerprint density at radius 2 is 1.83 bits per heavy atom. The van der Waals surface area contributed by atoms with Crippen molar-refractivity contribution in [2.45, 2.75) is 46.1 Å². The molecule has 18 heavy (non-hydrogen) atoms. The molecule has 0 radical (unpaired) electrons. The molecule has 0 unspecified atom stereocenters. The lowest BCUT2D eigenvalue weighted by atomic mass is 9.97. The maximum atomic E-state index is 11.9. The summed E-state index contributed by atoms with van der Waals surface area (Å²) in [7, 11) is -0.838. The third-order valence-electron chi connectivity index (χ3n) is 3.86. The maximum absolute atomic E-state index is 11.9. The Labute approximate surface area is 112 Å². The molecule has 1 saturated heterocycles. The molecule has 5 heteroatoms. The van der Waals surface area contributed by atoms with E-state index in [4.69, 9.17) is 0 Å². The first-order chi connectivity index (χ1) is 8.36. The van der Waals surface area contributed by atoms with Crippen molar-refractivity contribution in [3.8, 4) is 0 Å². The van der Waals surface area contributed by atoms with Crippen LogP contribution in [-0.2, 0) is 10.0 Å². The van der Waals surface area contributed by atoms with Gasteiger partial charge in [0.05, 0.1) is 5.75 Å². The van der Waals surface area contributed by atoms with Crippen molar-refractivity contribution in [2.24, 2.45) is 5.92 Å². The van der Waals surface area contributed by atoms with Crippen LogP contribution in [0, 0.1) is 5.92 Å². The first kappa shape index (κ1) is 15.9. The molecule has 0 aromatic heterocycles. The fraction of sp³-hybridized carbons (Fsp3) is 1.00. The summed E-state index contributed by atoms with van der Waals surface area (Å²) in [4.78, 5) is 2.35. The van der Waals surface area contributed by atoms with E-state index in [-0.39, 0.29) is 0 Å². The topological polar surface area (TPSA) is 40.6 Å². The molecule has 0 aliphatic carbocycles. The smallest absolute Gasteiger partial charge is 0.214 e. The molecule has 0 aromatic carbocycles. The Morgan fingerprint density at radius 3 is 2.28 bits per heavy atom. The van der Waals surface area contributed by atoms with Gasteiger partial charge in [-0.2, -0.15) is 0 Å². The third-order valence-corrected chi connectivity index (χ3v) is 5.93. The Bertz CT molecular complexity index is 333. The van der Waals surface area contributed by atoms with Gasteiger partial charge in [0.2, 0.25) is 10.0 Å². The highest BCUT2D eigenvalue weighted by Gasteiger charge is 2.27. The molecular formula is C13H28N2O2S. The summed E-state index contributed by atoms with van der Waals surface area (Å²) in [5, 5.41) is 0.